The van der Waals surface area contributed by atoms with Gasteiger partial charge in [-0.2, -0.15) is 5.10 Å². The van der Waals surface area contributed by atoms with Gasteiger partial charge in [0.25, 0.3) is 0 Å². The molecule has 3 N–H and O–H groups in total. The molecule has 6 heteroatoms. The highest BCUT2D eigenvalue weighted by Crippen LogP contribution is 2.27. The minimum absolute atomic E-state index is 0.00879. The van der Waals surface area contributed by atoms with E-state index in [0.717, 1.165) is 12.8 Å². The molecule has 0 radical (unpaired) electrons. The molecule has 94 valence electrons. The topological polar surface area (TPSA) is 84.4 Å². The zero-order chi connectivity index (χ0) is 12.4. The Kier molecular flexibility index (Phi) is 3.33. The number of amides is 1. The quantitative estimate of drug-likeness (QED) is 0.754. The lowest BCUT2D eigenvalue weighted by molar-refractivity contribution is -0.132. The molecule has 0 bridgehead atoms. The van der Waals surface area contributed by atoms with Crippen molar-refractivity contribution in [3.8, 4) is 0 Å². The number of hydrogen-bond donors (Lipinski definition) is 2. The minimum Gasteiger partial charge on any atom is -0.393 e. The van der Waals surface area contributed by atoms with E-state index in [2.05, 4.69) is 5.10 Å². The highest BCUT2D eigenvalue weighted by atomic mass is 16.3. The molecule has 1 fully saturated rings. The second-order valence-corrected chi connectivity index (χ2v) is 4.70. The van der Waals surface area contributed by atoms with E-state index in [4.69, 9.17) is 5.73 Å². The zero-order valence-electron chi connectivity index (χ0n) is 9.91. The number of aliphatic hydroxyl groups is 1. The molecule has 0 aromatic carbocycles. The summed E-state index contributed by atoms with van der Waals surface area (Å²) in [6.45, 7) is 0.912. The van der Waals surface area contributed by atoms with E-state index in [1.165, 1.54) is 4.68 Å². The number of hydrogen-bond acceptors (Lipinski definition) is 4. The van der Waals surface area contributed by atoms with Crippen molar-refractivity contribution in [3.63, 3.8) is 0 Å². The average molecular weight is 238 g/mol. The first-order valence-corrected chi connectivity index (χ1v) is 5.75. The molecule has 1 heterocycles. The molecule has 1 aliphatic carbocycles. The summed E-state index contributed by atoms with van der Waals surface area (Å²) in [5.41, 5.74) is 5.47. The van der Waals surface area contributed by atoms with E-state index in [9.17, 15) is 9.90 Å². The predicted molar refractivity (Wildman–Crippen MR) is 63.0 cm³/mol. The lowest BCUT2D eigenvalue weighted by Gasteiger charge is -2.34. The molecule has 0 unspecified atom stereocenters. The van der Waals surface area contributed by atoms with E-state index in [1.807, 2.05) is 0 Å². The van der Waals surface area contributed by atoms with Gasteiger partial charge in [-0.3, -0.25) is 9.48 Å². The number of nitrogen functional groups attached to an aromatic ring is 1. The van der Waals surface area contributed by atoms with Crippen molar-refractivity contribution in [1.82, 2.24) is 14.7 Å². The molecule has 1 aromatic rings. The summed E-state index contributed by atoms with van der Waals surface area (Å²) in [6.07, 6.45) is 3.11. The first-order valence-electron chi connectivity index (χ1n) is 5.75. The first kappa shape index (κ1) is 11.9. The molecule has 0 aliphatic heterocycles. The Morgan fingerprint density at radius 2 is 2.41 bits per heavy atom. The summed E-state index contributed by atoms with van der Waals surface area (Å²) in [7, 11) is 1.78. The lowest BCUT2D eigenvalue weighted by Crippen LogP contribution is -2.40. The van der Waals surface area contributed by atoms with E-state index in [1.54, 1.807) is 24.2 Å². The fourth-order valence-corrected chi connectivity index (χ4v) is 2.06. The minimum atomic E-state index is -0.172. The van der Waals surface area contributed by atoms with Gasteiger partial charge < -0.3 is 15.7 Å². The maximum atomic E-state index is 11.8. The molecule has 1 saturated carbocycles. The van der Waals surface area contributed by atoms with Crippen LogP contribution in [-0.4, -0.2) is 45.4 Å². The van der Waals surface area contributed by atoms with Crippen molar-refractivity contribution in [2.24, 2.45) is 5.92 Å². The first-order chi connectivity index (χ1) is 8.04. The summed E-state index contributed by atoms with van der Waals surface area (Å²) < 4.78 is 1.53. The van der Waals surface area contributed by atoms with Crippen LogP contribution in [0.3, 0.4) is 0 Å². The number of rotatable bonds is 4. The number of nitrogens with two attached hydrogens (primary N) is 1. The van der Waals surface area contributed by atoms with Crippen LogP contribution in [0.4, 0.5) is 5.82 Å². The third-order valence-corrected chi connectivity index (χ3v) is 3.13. The molecule has 2 rings (SSSR count). The number of carbonyl (C=O) groups excluding carboxylic acids is 1. The largest absolute Gasteiger partial charge is 0.393 e. The fraction of sp³-hybridized carbons (Fsp3) is 0.636. The van der Waals surface area contributed by atoms with Crippen LogP contribution in [0.2, 0.25) is 0 Å². The Morgan fingerprint density at radius 1 is 1.71 bits per heavy atom. The number of likely N-dealkylation sites (N-methyl/N-ethyl adjacent to an activating group) is 1. The van der Waals surface area contributed by atoms with Gasteiger partial charge in [0.1, 0.15) is 12.4 Å². The Morgan fingerprint density at radius 3 is 2.94 bits per heavy atom. The molecule has 0 saturated heterocycles. The van der Waals surface area contributed by atoms with Gasteiger partial charge in [-0.25, -0.2) is 0 Å². The summed E-state index contributed by atoms with van der Waals surface area (Å²) in [4.78, 5) is 13.5. The molecule has 1 aromatic heterocycles. The monoisotopic (exact) mass is 238 g/mol. The van der Waals surface area contributed by atoms with E-state index in [-0.39, 0.29) is 18.6 Å². The maximum absolute atomic E-state index is 11.8. The third-order valence-electron chi connectivity index (χ3n) is 3.13. The second kappa shape index (κ2) is 4.75. The van der Waals surface area contributed by atoms with Crippen LogP contribution in [-0.2, 0) is 11.3 Å². The van der Waals surface area contributed by atoms with Crippen LogP contribution < -0.4 is 5.73 Å². The number of nitrogens with zero attached hydrogens (tertiary/aromatic N) is 3. The van der Waals surface area contributed by atoms with Crippen LogP contribution in [0, 0.1) is 5.92 Å². The highest BCUT2D eigenvalue weighted by molar-refractivity contribution is 5.75. The van der Waals surface area contributed by atoms with Gasteiger partial charge in [0.05, 0.1) is 6.10 Å². The Hall–Kier alpha value is -1.56. The summed E-state index contributed by atoms with van der Waals surface area (Å²) in [5.74, 6) is 0.860. The number of carbonyl (C=O) groups is 1. The smallest absolute Gasteiger partial charge is 0.244 e. The van der Waals surface area contributed by atoms with Gasteiger partial charge >= 0.3 is 0 Å². The summed E-state index contributed by atoms with van der Waals surface area (Å²) in [5, 5.41) is 13.1. The van der Waals surface area contributed by atoms with Gasteiger partial charge in [-0.15, -0.1) is 0 Å². The molecule has 1 aliphatic rings. The lowest BCUT2D eigenvalue weighted by atomic mass is 9.82. The van der Waals surface area contributed by atoms with Crippen LogP contribution in [0.5, 0.6) is 0 Å². The van der Waals surface area contributed by atoms with Crippen molar-refractivity contribution < 1.29 is 9.90 Å². The van der Waals surface area contributed by atoms with Crippen molar-refractivity contribution in [2.45, 2.75) is 25.5 Å². The zero-order valence-corrected chi connectivity index (χ0v) is 9.91. The third kappa shape index (κ3) is 2.97. The molecule has 1 amide bonds. The van der Waals surface area contributed by atoms with Crippen LogP contribution in [0.1, 0.15) is 12.8 Å². The second-order valence-electron chi connectivity index (χ2n) is 4.70. The average Bonchev–Trinajstić information content (AvgIpc) is 2.61. The van der Waals surface area contributed by atoms with Crippen LogP contribution >= 0.6 is 0 Å². The van der Waals surface area contributed by atoms with Gasteiger partial charge in [0.15, 0.2) is 0 Å². The van der Waals surface area contributed by atoms with Crippen molar-refractivity contribution in [3.05, 3.63) is 12.3 Å². The SMILES string of the molecule is CN(CC1CC(O)C1)C(=O)Cn1ccc(N)n1. The standard InChI is InChI=1S/C11H18N4O2/c1-14(6-8-4-9(16)5-8)11(17)7-15-3-2-10(12)13-15/h2-3,8-9,16H,4-7H2,1H3,(H2,12,13). The maximum Gasteiger partial charge on any atom is 0.244 e. The Labute approximate surface area is 100 Å². The number of aliphatic hydroxyl groups excluding tert-OH is 1. The van der Waals surface area contributed by atoms with Gasteiger partial charge in [0, 0.05) is 19.8 Å². The van der Waals surface area contributed by atoms with E-state index in [0.29, 0.717) is 18.3 Å². The van der Waals surface area contributed by atoms with Gasteiger partial charge in [-0.05, 0) is 24.8 Å². The molecule has 0 spiro atoms. The van der Waals surface area contributed by atoms with Crippen molar-refractivity contribution >= 4 is 11.7 Å². The van der Waals surface area contributed by atoms with Gasteiger partial charge in [0.2, 0.25) is 5.91 Å². The Balaban J connectivity index is 1.79. The van der Waals surface area contributed by atoms with Crippen LogP contribution in [0.15, 0.2) is 12.3 Å². The number of aromatic nitrogens is 2. The number of anilines is 1. The molecular formula is C11H18N4O2. The normalized spacial score (nSPS) is 23.2. The predicted octanol–water partition coefficient (Wildman–Crippen LogP) is -0.305. The molecule has 17 heavy (non-hydrogen) atoms. The highest BCUT2D eigenvalue weighted by Gasteiger charge is 2.29. The molecule has 6 nitrogen and oxygen atoms in total. The Bertz CT molecular complexity index is 398. The summed E-state index contributed by atoms with van der Waals surface area (Å²) >= 11 is 0. The van der Waals surface area contributed by atoms with Crippen molar-refractivity contribution in [2.75, 3.05) is 19.3 Å². The summed E-state index contributed by atoms with van der Waals surface area (Å²) in [6, 6.07) is 1.66. The van der Waals surface area contributed by atoms with E-state index < -0.39 is 0 Å². The fourth-order valence-electron chi connectivity index (χ4n) is 2.06. The molecule has 0 atom stereocenters. The van der Waals surface area contributed by atoms with Crippen molar-refractivity contribution in [1.29, 1.82) is 0 Å². The van der Waals surface area contributed by atoms with Gasteiger partial charge in [-0.1, -0.05) is 0 Å². The van der Waals surface area contributed by atoms with E-state index >= 15 is 0 Å². The molecular weight excluding hydrogens is 220 g/mol. The van der Waals surface area contributed by atoms with Crippen LogP contribution in [0.25, 0.3) is 0 Å².